The number of hydrogen-bond acceptors (Lipinski definition) is 3. The van der Waals surface area contributed by atoms with E-state index in [1.807, 2.05) is 31.2 Å². The van der Waals surface area contributed by atoms with Gasteiger partial charge in [-0.1, -0.05) is 24.3 Å². The molecule has 0 heterocycles. The quantitative estimate of drug-likeness (QED) is 0.834. The largest absolute Gasteiger partial charge is 0.466 e. The van der Waals surface area contributed by atoms with Crippen LogP contribution in [0.1, 0.15) is 36.1 Å². The first-order chi connectivity index (χ1) is 11.4. The van der Waals surface area contributed by atoms with Gasteiger partial charge in [0.2, 0.25) is 0 Å². The first kappa shape index (κ1) is 18.1. The maximum Gasteiger partial charge on any atom is 0.307 e. The third kappa shape index (κ3) is 3.62. The number of hydrogen-bond donors (Lipinski definition) is 1. The number of nitrogens with two attached hydrogens (primary N) is 1. The molecule has 0 spiro atoms. The van der Waals surface area contributed by atoms with Gasteiger partial charge < -0.3 is 10.5 Å². The van der Waals surface area contributed by atoms with Crippen molar-refractivity contribution >= 4 is 5.97 Å². The van der Waals surface area contributed by atoms with Crippen LogP contribution in [0.2, 0.25) is 0 Å². The van der Waals surface area contributed by atoms with Crippen molar-refractivity contribution in [2.75, 3.05) is 6.61 Å². The number of carbonyl (C=O) groups excluding carboxylic acids is 1. The molecule has 0 bridgehead atoms. The molecule has 0 fully saturated rings. The highest BCUT2D eigenvalue weighted by molar-refractivity contribution is 5.74. The van der Waals surface area contributed by atoms with Gasteiger partial charge in [0.1, 0.15) is 0 Å². The highest BCUT2D eigenvalue weighted by Crippen LogP contribution is 2.34. The number of ether oxygens (including phenoxy) is 1. The second-order valence-corrected chi connectivity index (χ2v) is 5.69. The van der Waals surface area contributed by atoms with E-state index in [-0.39, 0.29) is 18.6 Å². The highest BCUT2D eigenvalue weighted by Gasteiger charge is 2.24. The minimum Gasteiger partial charge on any atom is -0.466 e. The lowest BCUT2D eigenvalue weighted by Crippen LogP contribution is -2.20. The summed E-state index contributed by atoms with van der Waals surface area (Å²) in [5.41, 5.74) is 8.83. The lowest BCUT2D eigenvalue weighted by atomic mass is 9.89. The van der Waals surface area contributed by atoms with Gasteiger partial charge in [-0.2, -0.15) is 0 Å². The predicted octanol–water partition coefficient (Wildman–Crippen LogP) is 4.20. The molecule has 0 aromatic heterocycles. The molecule has 0 saturated carbocycles. The van der Waals surface area contributed by atoms with Gasteiger partial charge in [0.05, 0.1) is 13.0 Å². The van der Waals surface area contributed by atoms with Gasteiger partial charge >= 0.3 is 5.97 Å². The fourth-order valence-electron chi connectivity index (χ4n) is 2.83. The minimum absolute atomic E-state index is 0.0151. The summed E-state index contributed by atoms with van der Waals surface area (Å²) in [5.74, 6) is -2.53. The van der Waals surface area contributed by atoms with Crippen molar-refractivity contribution in [3.63, 3.8) is 0 Å². The van der Waals surface area contributed by atoms with E-state index in [1.54, 1.807) is 13.8 Å². The molecule has 5 heteroatoms. The van der Waals surface area contributed by atoms with Crippen LogP contribution in [0.5, 0.6) is 0 Å². The minimum atomic E-state index is -1.01. The predicted molar refractivity (Wildman–Crippen MR) is 89.4 cm³/mol. The molecule has 0 amide bonds. The molecule has 2 N–H and O–H groups in total. The summed E-state index contributed by atoms with van der Waals surface area (Å²) in [4.78, 5) is 11.6. The zero-order chi connectivity index (χ0) is 17.9. The van der Waals surface area contributed by atoms with Gasteiger partial charge in [-0.15, -0.1) is 0 Å². The molecule has 0 saturated heterocycles. The van der Waals surface area contributed by atoms with Gasteiger partial charge in [-0.3, -0.25) is 4.79 Å². The average Bonchev–Trinajstić information content (AvgIpc) is 2.52. The van der Waals surface area contributed by atoms with E-state index in [1.165, 1.54) is 6.07 Å². The van der Waals surface area contributed by atoms with E-state index in [0.29, 0.717) is 11.1 Å². The van der Waals surface area contributed by atoms with Crippen molar-refractivity contribution < 1.29 is 18.3 Å². The Bertz CT molecular complexity index is 759. The van der Waals surface area contributed by atoms with Crippen LogP contribution in [0.25, 0.3) is 11.1 Å². The number of aryl methyl sites for hydroxylation is 1. The van der Waals surface area contributed by atoms with Crippen LogP contribution in [0.15, 0.2) is 30.3 Å². The fraction of sp³-hybridized carbons (Fsp3) is 0.316. The molecule has 2 rings (SSSR count). The molecular weight excluding hydrogens is 312 g/mol. The number of benzene rings is 2. The van der Waals surface area contributed by atoms with Crippen LogP contribution in [0.4, 0.5) is 8.78 Å². The first-order valence-electron chi connectivity index (χ1n) is 7.82. The molecule has 0 aliphatic heterocycles. The zero-order valence-electron chi connectivity index (χ0n) is 14.0. The molecular formula is C19H21F2NO2. The molecule has 24 heavy (non-hydrogen) atoms. The monoisotopic (exact) mass is 333 g/mol. The van der Waals surface area contributed by atoms with E-state index in [2.05, 4.69) is 0 Å². The summed E-state index contributed by atoms with van der Waals surface area (Å²) in [7, 11) is 0. The normalized spacial score (nSPS) is 12.1. The van der Waals surface area contributed by atoms with Crippen molar-refractivity contribution in [1.29, 1.82) is 0 Å². The summed E-state index contributed by atoms with van der Waals surface area (Å²) in [6.45, 7) is 5.47. The van der Waals surface area contributed by atoms with Gasteiger partial charge in [0.25, 0.3) is 0 Å². The average molecular weight is 333 g/mol. The van der Waals surface area contributed by atoms with Crippen molar-refractivity contribution in [2.45, 2.75) is 33.2 Å². The highest BCUT2D eigenvalue weighted by atomic mass is 19.2. The summed E-state index contributed by atoms with van der Waals surface area (Å²) in [6.07, 6.45) is -0.206. The third-order valence-corrected chi connectivity index (χ3v) is 4.02. The molecule has 1 atom stereocenters. The second-order valence-electron chi connectivity index (χ2n) is 5.69. The third-order valence-electron chi connectivity index (χ3n) is 4.02. The van der Waals surface area contributed by atoms with Crippen molar-refractivity contribution in [1.82, 2.24) is 0 Å². The van der Waals surface area contributed by atoms with Crippen molar-refractivity contribution in [3.8, 4) is 11.1 Å². The number of carbonyl (C=O) groups is 1. The Kier molecular flexibility index (Phi) is 5.67. The SMILES string of the molecule is CCOC(=O)CC(N)c1c(C)c(-c2ccccc2C)cc(F)c1F. The Morgan fingerprint density at radius 1 is 1.21 bits per heavy atom. The molecule has 2 aromatic carbocycles. The molecule has 0 aliphatic rings. The van der Waals surface area contributed by atoms with Crippen LogP contribution < -0.4 is 5.73 Å². The molecule has 0 aliphatic carbocycles. The van der Waals surface area contributed by atoms with Crippen LogP contribution in [0.3, 0.4) is 0 Å². The lowest BCUT2D eigenvalue weighted by Gasteiger charge is -2.19. The summed E-state index contributed by atoms with van der Waals surface area (Å²) in [6, 6.07) is 7.66. The maximum atomic E-state index is 14.3. The van der Waals surface area contributed by atoms with Gasteiger partial charge in [-0.25, -0.2) is 8.78 Å². The standard InChI is InChI=1S/C19H21F2NO2/c1-4-24-17(23)10-16(22)18-12(3)14(9-15(20)19(18)21)13-8-6-5-7-11(13)2/h5-9,16H,4,10,22H2,1-3H3. The molecule has 2 aromatic rings. The summed E-state index contributed by atoms with van der Waals surface area (Å²) in [5, 5.41) is 0. The maximum absolute atomic E-state index is 14.3. The Hall–Kier alpha value is -2.27. The molecule has 0 radical (unpaired) electrons. The van der Waals surface area contributed by atoms with Gasteiger partial charge in [0, 0.05) is 11.6 Å². The lowest BCUT2D eigenvalue weighted by molar-refractivity contribution is -0.143. The van der Waals surface area contributed by atoms with Crippen molar-refractivity contribution in [3.05, 3.63) is 58.7 Å². The van der Waals surface area contributed by atoms with Gasteiger partial charge in [-0.05, 0) is 49.1 Å². The van der Waals surface area contributed by atoms with E-state index in [9.17, 15) is 13.6 Å². The first-order valence-corrected chi connectivity index (χ1v) is 7.82. The number of esters is 1. The summed E-state index contributed by atoms with van der Waals surface area (Å²) < 4.78 is 33.3. The number of halogens is 2. The Morgan fingerprint density at radius 3 is 2.50 bits per heavy atom. The zero-order valence-corrected chi connectivity index (χ0v) is 14.0. The van der Waals surface area contributed by atoms with Crippen LogP contribution >= 0.6 is 0 Å². The smallest absolute Gasteiger partial charge is 0.307 e. The van der Waals surface area contributed by atoms with Gasteiger partial charge in [0.15, 0.2) is 11.6 Å². The fourth-order valence-corrected chi connectivity index (χ4v) is 2.83. The van der Waals surface area contributed by atoms with E-state index < -0.39 is 23.6 Å². The van der Waals surface area contributed by atoms with Crippen LogP contribution in [0, 0.1) is 25.5 Å². The second kappa shape index (κ2) is 7.53. The topological polar surface area (TPSA) is 52.3 Å². The summed E-state index contributed by atoms with van der Waals surface area (Å²) >= 11 is 0. The van der Waals surface area contributed by atoms with E-state index in [0.717, 1.165) is 11.1 Å². The van der Waals surface area contributed by atoms with E-state index >= 15 is 0 Å². The molecule has 1 unspecified atom stereocenters. The number of rotatable bonds is 5. The van der Waals surface area contributed by atoms with Crippen LogP contribution in [-0.2, 0) is 9.53 Å². The Morgan fingerprint density at radius 2 is 1.88 bits per heavy atom. The van der Waals surface area contributed by atoms with Crippen LogP contribution in [-0.4, -0.2) is 12.6 Å². The van der Waals surface area contributed by atoms with E-state index in [4.69, 9.17) is 10.5 Å². The van der Waals surface area contributed by atoms with Crippen molar-refractivity contribution in [2.24, 2.45) is 5.73 Å². The Balaban J connectivity index is 2.53. The molecule has 3 nitrogen and oxygen atoms in total. The molecule has 128 valence electrons. The Labute approximate surface area is 140 Å².